The highest BCUT2D eigenvalue weighted by atomic mass is 16.2. The van der Waals surface area contributed by atoms with Crippen LogP contribution in [0.4, 0.5) is 0 Å². The Labute approximate surface area is 107 Å². The zero-order valence-electron chi connectivity index (χ0n) is 10.9. The van der Waals surface area contributed by atoms with Crippen molar-refractivity contribution in [3.63, 3.8) is 0 Å². The first-order valence-electron chi connectivity index (χ1n) is 6.69. The average molecular weight is 248 g/mol. The van der Waals surface area contributed by atoms with Crippen LogP contribution in [0.25, 0.3) is 0 Å². The summed E-state index contributed by atoms with van der Waals surface area (Å²) in [5, 5.41) is 2.84. The van der Waals surface area contributed by atoms with Gasteiger partial charge in [-0.3, -0.25) is 9.59 Å². The number of hydrogen-bond acceptors (Lipinski definition) is 2. The summed E-state index contributed by atoms with van der Waals surface area (Å²) < 4.78 is 1.83. The van der Waals surface area contributed by atoms with E-state index in [0.717, 1.165) is 36.8 Å². The maximum Gasteiger partial charge on any atom is 0.239 e. The number of fused-ring (bicyclic) bond motifs is 1. The van der Waals surface area contributed by atoms with Crippen LogP contribution in [0.15, 0.2) is 12.4 Å². The van der Waals surface area contributed by atoms with Gasteiger partial charge >= 0.3 is 0 Å². The first-order chi connectivity index (χ1) is 8.70. The van der Waals surface area contributed by atoms with E-state index in [4.69, 9.17) is 0 Å². The van der Waals surface area contributed by atoms with Crippen molar-refractivity contribution < 1.29 is 9.59 Å². The second-order valence-corrected chi connectivity index (χ2v) is 4.85. The van der Waals surface area contributed by atoms with Crippen molar-refractivity contribution in [1.82, 2.24) is 9.88 Å². The van der Waals surface area contributed by atoms with Gasteiger partial charge < -0.3 is 9.88 Å². The maximum absolute atomic E-state index is 11.9. The van der Waals surface area contributed by atoms with Gasteiger partial charge in [-0.05, 0) is 31.2 Å². The monoisotopic (exact) mass is 248 g/mol. The van der Waals surface area contributed by atoms with Gasteiger partial charge in [-0.2, -0.15) is 0 Å². The number of carbonyl (C=O) groups is 2. The van der Waals surface area contributed by atoms with Crippen molar-refractivity contribution in [2.75, 3.05) is 6.54 Å². The third-order valence-electron chi connectivity index (χ3n) is 3.26. The highest BCUT2D eigenvalue weighted by Crippen LogP contribution is 2.21. The van der Waals surface area contributed by atoms with E-state index in [1.54, 1.807) is 0 Å². The summed E-state index contributed by atoms with van der Waals surface area (Å²) in [5.41, 5.74) is 1.91. The van der Waals surface area contributed by atoms with Gasteiger partial charge in [0.2, 0.25) is 5.91 Å². The van der Waals surface area contributed by atoms with Crippen molar-refractivity contribution in [1.29, 1.82) is 0 Å². The second kappa shape index (κ2) is 5.85. The summed E-state index contributed by atoms with van der Waals surface area (Å²) in [6.45, 7) is 3.04. The molecule has 98 valence electrons. The molecule has 0 fully saturated rings. The Morgan fingerprint density at radius 2 is 2.11 bits per heavy atom. The van der Waals surface area contributed by atoms with E-state index >= 15 is 0 Å². The predicted octanol–water partition coefficient (Wildman–Crippen LogP) is 1.92. The van der Waals surface area contributed by atoms with Gasteiger partial charge in [0.15, 0.2) is 5.78 Å². The molecule has 1 amide bonds. The van der Waals surface area contributed by atoms with E-state index in [2.05, 4.69) is 5.32 Å². The number of aromatic nitrogens is 1. The van der Waals surface area contributed by atoms with Crippen molar-refractivity contribution in [2.45, 2.75) is 45.6 Å². The van der Waals surface area contributed by atoms with Crippen LogP contribution in [0.3, 0.4) is 0 Å². The Bertz CT molecular complexity index is 449. The first-order valence-corrected chi connectivity index (χ1v) is 6.69. The molecule has 1 aliphatic rings. The molecule has 0 spiro atoms. The van der Waals surface area contributed by atoms with Crippen LogP contribution >= 0.6 is 0 Å². The molecule has 1 aliphatic carbocycles. The Kier molecular flexibility index (Phi) is 4.18. The van der Waals surface area contributed by atoms with Crippen molar-refractivity contribution >= 4 is 11.7 Å². The van der Waals surface area contributed by atoms with Crippen LogP contribution in [0, 0.1) is 0 Å². The highest BCUT2D eigenvalue weighted by Gasteiger charge is 2.18. The summed E-state index contributed by atoms with van der Waals surface area (Å²) >= 11 is 0. The number of carbonyl (C=O) groups excluding carboxylic acids is 2. The Balaban J connectivity index is 2.05. The van der Waals surface area contributed by atoms with Crippen LogP contribution in [-0.4, -0.2) is 22.8 Å². The lowest BCUT2D eigenvalue weighted by Crippen LogP contribution is -2.27. The number of amides is 1. The highest BCUT2D eigenvalue weighted by molar-refractivity contribution is 5.97. The molecule has 0 saturated heterocycles. The molecule has 1 heterocycles. The molecule has 1 aromatic rings. The molecular weight excluding hydrogens is 228 g/mol. The summed E-state index contributed by atoms with van der Waals surface area (Å²) in [6.07, 6.45) is 8.34. The van der Waals surface area contributed by atoms with Crippen molar-refractivity contribution in [3.05, 3.63) is 23.5 Å². The third-order valence-corrected chi connectivity index (χ3v) is 3.26. The normalized spacial score (nSPS) is 15.1. The van der Waals surface area contributed by atoms with E-state index in [9.17, 15) is 9.59 Å². The van der Waals surface area contributed by atoms with E-state index in [1.165, 1.54) is 0 Å². The molecular formula is C14H20N2O2. The topological polar surface area (TPSA) is 51.1 Å². The smallest absolute Gasteiger partial charge is 0.239 e. The number of ketones is 1. The number of nitrogens with one attached hydrogen (secondary N) is 1. The van der Waals surface area contributed by atoms with Gasteiger partial charge in [-0.15, -0.1) is 0 Å². The summed E-state index contributed by atoms with van der Waals surface area (Å²) in [5.74, 6) is 0.227. The molecule has 0 atom stereocenters. The summed E-state index contributed by atoms with van der Waals surface area (Å²) in [6, 6.07) is 0. The minimum absolute atomic E-state index is 0.00876. The third kappa shape index (κ3) is 3.00. The van der Waals surface area contributed by atoms with Gasteiger partial charge in [-0.1, -0.05) is 6.92 Å². The maximum atomic E-state index is 11.9. The fourth-order valence-electron chi connectivity index (χ4n) is 2.32. The van der Waals surface area contributed by atoms with E-state index in [0.29, 0.717) is 19.5 Å². The van der Waals surface area contributed by atoms with Crippen LogP contribution in [-0.2, 0) is 17.8 Å². The van der Waals surface area contributed by atoms with Crippen LogP contribution in [0.5, 0.6) is 0 Å². The molecule has 0 aromatic carbocycles. The molecule has 4 heteroatoms. The lowest BCUT2D eigenvalue weighted by molar-refractivity contribution is -0.121. The van der Waals surface area contributed by atoms with Crippen LogP contribution < -0.4 is 5.32 Å². The SMILES string of the molecule is CCCNC(=O)Cn1cc2c(c1)C(=O)CCCC2. The number of nitrogens with zero attached hydrogens (tertiary/aromatic N) is 1. The standard InChI is InChI=1S/C14H20N2O2/c1-2-7-15-14(18)10-16-8-11-5-3-4-6-13(17)12(11)9-16/h8-9H,2-7,10H2,1H3,(H,15,18). The fraction of sp³-hybridized carbons (Fsp3) is 0.571. The molecule has 0 aliphatic heterocycles. The molecule has 1 N–H and O–H groups in total. The predicted molar refractivity (Wildman–Crippen MR) is 69.6 cm³/mol. The van der Waals surface area contributed by atoms with E-state index < -0.39 is 0 Å². The number of Topliss-reactive ketones (excluding diaryl/α,β-unsaturated/α-hetero) is 1. The fourth-order valence-corrected chi connectivity index (χ4v) is 2.32. The minimum Gasteiger partial charge on any atom is -0.355 e. The van der Waals surface area contributed by atoms with Crippen LogP contribution in [0.1, 0.15) is 48.5 Å². The molecule has 18 heavy (non-hydrogen) atoms. The zero-order chi connectivity index (χ0) is 13.0. The largest absolute Gasteiger partial charge is 0.355 e. The molecule has 4 nitrogen and oxygen atoms in total. The molecule has 0 saturated carbocycles. The van der Waals surface area contributed by atoms with Gasteiger partial charge in [0.1, 0.15) is 6.54 Å². The Morgan fingerprint density at radius 3 is 2.89 bits per heavy atom. The molecule has 2 rings (SSSR count). The second-order valence-electron chi connectivity index (χ2n) is 4.85. The quantitative estimate of drug-likeness (QED) is 0.828. The minimum atomic E-state index is 0.00876. The number of aryl methyl sites for hydroxylation is 1. The van der Waals surface area contributed by atoms with Gasteiger partial charge in [0, 0.05) is 30.9 Å². The van der Waals surface area contributed by atoms with Crippen LogP contribution in [0.2, 0.25) is 0 Å². The average Bonchev–Trinajstić information content (AvgIpc) is 2.67. The van der Waals surface area contributed by atoms with E-state index in [1.807, 2.05) is 23.9 Å². The lowest BCUT2D eigenvalue weighted by Gasteiger charge is -2.04. The number of rotatable bonds is 4. The zero-order valence-corrected chi connectivity index (χ0v) is 10.9. The molecule has 0 radical (unpaired) electrons. The van der Waals surface area contributed by atoms with Gasteiger partial charge in [-0.25, -0.2) is 0 Å². The van der Waals surface area contributed by atoms with Crippen molar-refractivity contribution in [3.8, 4) is 0 Å². The van der Waals surface area contributed by atoms with E-state index in [-0.39, 0.29) is 11.7 Å². The van der Waals surface area contributed by atoms with Crippen molar-refractivity contribution in [2.24, 2.45) is 0 Å². The molecule has 0 bridgehead atoms. The van der Waals surface area contributed by atoms with Gasteiger partial charge in [0.05, 0.1) is 0 Å². The first kappa shape index (κ1) is 12.9. The molecule has 1 aromatic heterocycles. The lowest BCUT2D eigenvalue weighted by atomic mass is 10.1. The Morgan fingerprint density at radius 1 is 1.33 bits per heavy atom. The summed E-state index contributed by atoms with van der Waals surface area (Å²) in [4.78, 5) is 23.5. The molecule has 0 unspecified atom stereocenters. The number of hydrogen-bond donors (Lipinski definition) is 1. The van der Waals surface area contributed by atoms with Gasteiger partial charge in [0.25, 0.3) is 0 Å². The Hall–Kier alpha value is -1.58. The summed E-state index contributed by atoms with van der Waals surface area (Å²) in [7, 11) is 0.